The van der Waals surface area contributed by atoms with E-state index in [-0.39, 0.29) is 0 Å². The first-order chi connectivity index (χ1) is 10.0. The van der Waals surface area contributed by atoms with Crippen LogP contribution in [0.4, 0.5) is 17.3 Å². The molecule has 0 atom stereocenters. The van der Waals surface area contributed by atoms with E-state index < -0.39 is 0 Å². The van der Waals surface area contributed by atoms with E-state index >= 15 is 0 Å². The minimum Gasteiger partial charge on any atom is -0.497 e. The summed E-state index contributed by atoms with van der Waals surface area (Å²) in [6.45, 7) is 2.69. The molecule has 0 bridgehead atoms. The zero-order chi connectivity index (χ0) is 15.4. The Morgan fingerprint density at radius 3 is 2.57 bits per heavy atom. The van der Waals surface area contributed by atoms with Crippen molar-refractivity contribution in [3.63, 3.8) is 0 Å². The van der Waals surface area contributed by atoms with Crippen molar-refractivity contribution in [3.05, 3.63) is 38.8 Å². The quantitative estimate of drug-likeness (QED) is 0.723. The first kappa shape index (κ1) is 16.2. The fourth-order valence-corrected chi connectivity index (χ4v) is 2.52. The molecule has 0 radical (unpaired) electrons. The molecule has 112 valence electrons. The van der Waals surface area contributed by atoms with Gasteiger partial charge in [-0.15, -0.1) is 0 Å². The number of anilines is 3. The van der Waals surface area contributed by atoms with Crippen molar-refractivity contribution in [1.29, 1.82) is 0 Å². The molecular formula is C14H14BrCl2N3O. The minimum atomic E-state index is 0.441. The van der Waals surface area contributed by atoms with E-state index in [4.69, 9.17) is 27.9 Å². The maximum absolute atomic E-state index is 6.19. The van der Waals surface area contributed by atoms with Gasteiger partial charge >= 0.3 is 0 Å². The van der Waals surface area contributed by atoms with Gasteiger partial charge in [0.25, 0.3) is 0 Å². The fourth-order valence-electron chi connectivity index (χ4n) is 1.70. The SMILES string of the molecule is CCNc1nc(Nc2cc(OC)ccc2Br)c(Cl)cc1Cl. The zero-order valence-corrected chi connectivity index (χ0v) is 14.6. The van der Waals surface area contributed by atoms with Crippen LogP contribution < -0.4 is 15.4 Å². The summed E-state index contributed by atoms with van der Waals surface area (Å²) in [7, 11) is 1.61. The van der Waals surface area contributed by atoms with Crippen LogP contribution in [-0.2, 0) is 0 Å². The van der Waals surface area contributed by atoms with Crippen molar-refractivity contribution in [2.75, 3.05) is 24.3 Å². The van der Waals surface area contributed by atoms with Gasteiger partial charge in [-0.1, -0.05) is 23.2 Å². The molecule has 0 amide bonds. The summed E-state index contributed by atoms with van der Waals surface area (Å²) in [6.07, 6.45) is 0. The van der Waals surface area contributed by atoms with Crippen LogP contribution >= 0.6 is 39.1 Å². The van der Waals surface area contributed by atoms with Crippen LogP contribution in [0.1, 0.15) is 6.92 Å². The number of aromatic nitrogens is 1. The molecular weight excluding hydrogens is 377 g/mol. The molecule has 2 aromatic rings. The van der Waals surface area contributed by atoms with Crippen molar-refractivity contribution in [1.82, 2.24) is 4.98 Å². The predicted octanol–water partition coefficient (Wildman–Crippen LogP) is 5.33. The molecule has 0 unspecified atom stereocenters. The molecule has 1 heterocycles. The van der Waals surface area contributed by atoms with Gasteiger partial charge in [0, 0.05) is 17.1 Å². The lowest BCUT2D eigenvalue weighted by Crippen LogP contribution is -2.03. The van der Waals surface area contributed by atoms with Gasteiger partial charge in [0.1, 0.15) is 11.6 Å². The van der Waals surface area contributed by atoms with Gasteiger partial charge in [0.05, 0.1) is 22.8 Å². The van der Waals surface area contributed by atoms with Crippen molar-refractivity contribution < 1.29 is 4.74 Å². The fraction of sp³-hybridized carbons (Fsp3) is 0.214. The Hall–Kier alpha value is -1.17. The summed E-state index contributed by atoms with van der Waals surface area (Å²) >= 11 is 15.8. The van der Waals surface area contributed by atoms with Crippen LogP contribution in [0, 0.1) is 0 Å². The average molecular weight is 391 g/mol. The average Bonchev–Trinajstić information content (AvgIpc) is 2.46. The Morgan fingerprint density at radius 1 is 1.19 bits per heavy atom. The molecule has 7 heteroatoms. The molecule has 0 aliphatic heterocycles. The third kappa shape index (κ3) is 3.93. The number of halogens is 3. The number of nitrogens with zero attached hydrogens (tertiary/aromatic N) is 1. The summed E-state index contributed by atoms with van der Waals surface area (Å²) in [6, 6.07) is 7.25. The van der Waals surface area contributed by atoms with Gasteiger partial charge in [0.15, 0.2) is 5.82 Å². The van der Waals surface area contributed by atoms with E-state index in [9.17, 15) is 0 Å². The first-order valence-electron chi connectivity index (χ1n) is 6.25. The van der Waals surface area contributed by atoms with E-state index in [1.807, 2.05) is 25.1 Å². The second kappa shape index (κ2) is 7.20. The Balaban J connectivity index is 2.37. The number of hydrogen-bond donors (Lipinski definition) is 2. The van der Waals surface area contributed by atoms with Gasteiger partial charge in [-0.2, -0.15) is 0 Å². The molecule has 0 spiro atoms. The molecule has 1 aromatic heterocycles. The lowest BCUT2D eigenvalue weighted by atomic mass is 10.3. The van der Waals surface area contributed by atoms with Gasteiger partial charge in [-0.3, -0.25) is 0 Å². The molecule has 2 N–H and O–H groups in total. The number of methoxy groups -OCH3 is 1. The molecule has 0 aliphatic carbocycles. The van der Waals surface area contributed by atoms with Crippen LogP contribution in [0.3, 0.4) is 0 Å². The maximum Gasteiger partial charge on any atom is 0.151 e. The Morgan fingerprint density at radius 2 is 1.90 bits per heavy atom. The Bertz CT molecular complexity index is 652. The predicted molar refractivity (Wildman–Crippen MR) is 92.4 cm³/mol. The monoisotopic (exact) mass is 389 g/mol. The van der Waals surface area contributed by atoms with Crippen LogP contribution in [0.2, 0.25) is 10.0 Å². The summed E-state index contributed by atoms with van der Waals surface area (Å²) in [5.74, 6) is 1.84. The lowest BCUT2D eigenvalue weighted by Gasteiger charge is -2.13. The normalized spacial score (nSPS) is 10.3. The number of hydrogen-bond acceptors (Lipinski definition) is 4. The number of pyridine rings is 1. The summed E-state index contributed by atoms with van der Waals surface area (Å²) in [5, 5.41) is 7.19. The molecule has 1 aromatic carbocycles. The van der Waals surface area contributed by atoms with Crippen molar-refractivity contribution >= 4 is 56.5 Å². The van der Waals surface area contributed by atoms with Gasteiger partial charge in [-0.05, 0) is 41.1 Å². The Kier molecular flexibility index (Phi) is 5.56. The third-order valence-corrected chi connectivity index (χ3v) is 3.97. The highest BCUT2D eigenvalue weighted by Crippen LogP contribution is 2.34. The highest BCUT2D eigenvalue weighted by molar-refractivity contribution is 9.10. The van der Waals surface area contributed by atoms with E-state index in [0.29, 0.717) is 21.7 Å². The van der Waals surface area contributed by atoms with Gasteiger partial charge < -0.3 is 15.4 Å². The number of benzene rings is 1. The molecule has 2 rings (SSSR count). The molecule has 0 fully saturated rings. The standard InChI is InChI=1S/C14H14BrCl2N3O/c1-3-18-13-10(16)7-11(17)14(20-13)19-12-6-8(21-2)4-5-9(12)15/h4-7H,3H2,1-2H3,(H2,18,19,20). The van der Waals surface area contributed by atoms with E-state index in [2.05, 4.69) is 31.5 Å². The van der Waals surface area contributed by atoms with E-state index in [1.54, 1.807) is 13.2 Å². The second-order valence-electron chi connectivity index (χ2n) is 4.15. The Labute approximate surface area is 141 Å². The van der Waals surface area contributed by atoms with E-state index in [0.717, 1.165) is 22.5 Å². The summed E-state index contributed by atoms with van der Waals surface area (Å²) in [4.78, 5) is 4.41. The van der Waals surface area contributed by atoms with Crippen LogP contribution in [0.25, 0.3) is 0 Å². The molecule has 21 heavy (non-hydrogen) atoms. The molecule has 4 nitrogen and oxygen atoms in total. The lowest BCUT2D eigenvalue weighted by molar-refractivity contribution is 0.415. The summed E-state index contributed by atoms with van der Waals surface area (Å²) < 4.78 is 6.09. The molecule has 0 aliphatic rings. The van der Waals surface area contributed by atoms with Crippen molar-refractivity contribution in [3.8, 4) is 5.75 Å². The zero-order valence-electron chi connectivity index (χ0n) is 11.5. The topological polar surface area (TPSA) is 46.2 Å². The van der Waals surface area contributed by atoms with Crippen LogP contribution in [0.5, 0.6) is 5.75 Å². The van der Waals surface area contributed by atoms with Gasteiger partial charge in [-0.25, -0.2) is 4.98 Å². The van der Waals surface area contributed by atoms with Crippen molar-refractivity contribution in [2.45, 2.75) is 6.92 Å². The van der Waals surface area contributed by atoms with Crippen LogP contribution in [0.15, 0.2) is 28.7 Å². The largest absolute Gasteiger partial charge is 0.497 e. The highest BCUT2D eigenvalue weighted by atomic mass is 79.9. The number of rotatable bonds is 5. The highest BCUT2D eigenvalue weighted by Gasteiger charge is 2.11. The molecule has 0 saturated carbocycles. The smallest absolute Gasteiger partial charge is 0.151 e. The van der Waals surface area contributed by atoms with Crippen LogP contribution in [-0.4, -0.2) is 18.6 Å². The maximum atomic E-state index is 6.19. The second-order valence-corrected chi connectivity index (χ2v) is 5.82. The van der Waals surface area contributed by atoms with Crippen molar-refractivity contribution in [2.24, 2.45) is 0 Å². The number of nitrogens with one attached hydrogen (secondary N) is 2. The minimum absolute atomic E-state index is 0.441. The summed E-state index contributed by atoms with van der Waals surface area (Å²) in [5.41, 5.74) is 0.800. The third-order valence-electron chi connectivity index (χ3n) is 2.70. The number of ether oxygens (including phenoxy) is 1. The van der Waals surface area contributed by atoms with Gasteiger partial charge in [0.2, 0.25) is 0 Å². The van der Waals surface area contributed by atoms with E-state index in [1.165, 1.54) is 0 Å². The first-order valence-corrected chi connectivity index (χ1v) is 7.80. The molecule has 0 saturated heterocycles.